The number of thiophene rings is 1. The Labute approximate surface area is 114 Å². The number of carbonyl (C=O) groups excluding carboxylic acids is 1. The number of benzene rings is 1. The van der Waals surface area contributed by atoms with Gasteiger partial charge >= 0.3 is 0 Å². The predicted molar refractivity (Wildman–Crippen MR) is 73.7 cm³/mol. The highest BCUT2D eigenvalue weighted by atomic mass is 32.1. The molecule has 0 fully saturated rings. The van der Waals surface area contributed by atoms with Crippen LogP contribution < -0.4 is 5.32 Å². The molecule has 0 saturated heterocycles. The third-order valence-corrected chi connectivity index (χ3v) is 3.65. The van der Waals surface area contributed by atoms with Crippen molar-refractivity contribution in [1.29, 1.82) is 0 Å². The predicted octanol–water partition coefficient (Wildman–Crippen LogP) is 2.66. The number of rotatable bonds is 4. The molecule has 2 N–H and O–H groups in total. The van der Waals surface area contributed by atoms with Gasteiger partial charge in [-0.15, -0.1) is 11.3 Å². The van der Waals surface area contributed by atoms with Crippen LogP contribution in [0.3, 0.4) is 0 Å². The summed E-state index contributed by atoms with van der Waals surface area (Å²) in [7, 11) is 0. The Hall–Kier alpha value is -1.72. The normalized spacial score (nSPS) is 12.2. The summed E-state index contributed by atoms with van der Waals surface area (Å²) in [5.74, 6) is -0.491. The Morgan fingerprint density at radius 3 is 2.63 bits per heavy atom. The smallest absolute Gasteiger partial charge is 0.261 e. The van der Waals surface area contributed by atoms with Crippen LogP contribution in [0.15, 0.2) is 36.4 Å². The maximum Gasteiger partial charge on any atom is 0.261 e. The largest absolute Gasteiger partial charge is 0.392 e. The highest BCUT2D eigenvalue weighted by Crippen LogP contribution is 2.28. The number of hydrogen-bond acceptors (Lipinski definition) is 3. The summed E-state index contributed by atoms with van der Waals surface area (Å²) < 4.78 is 12.8. The first-order valence-corrected chi connectivity index (χ1v) is 6.70. The van der Waals surface area contributed by atoms with Crippen molar-refractivity contribution in [2.45, 2.75) is 13.0 Å². The van der Waals surface area contributed by atoms with Crippen molar-refractivity contribution in [1.82, 2.24) is 5.32 Å². The molecule has 2 rings (SSSR count). The first-order chi connectivity index (χ1) is 9.06. The SMILES string of the molecule is CC(O)CNC(=O)c1ccc(-c2ccc(F)cc2)s1. The molecule has 2 aromatic rings. The molecule has 1 unspecified atom stereocenters. The number of carbonyl (C=O) groups is 1. The second-order valence-corrected chi connectivity index (χ2v) is 5.31. The third-order valence-electron chi connectivity index (χ3n) is 2.52. The fourth-order valence-corrected chi connectivity index (χ4v) is 2.48. The minimum Gasteiger partial charge on any atom is -0.392 e. The topological polar surface area (TPSA) is 49.3 Å². The van der Waals surface area contributed by atoms with Gasteiger partial charge in [-0.3, -0.25) is 4.79 Å². The van der Waals surface area contributed by atoms with Gasteiger partial charge in [-0.05, 0) is 36.8 Å². The van der Waals surface area contributed by atoms with E-state index in [4.69, 9.17) is 5.11 Å². The van der Waals surface area contributed by atoms with E-state index in [0.29, 0.717) is 4.88 Å². The lowest BCUT2D eigenvalue weighted by Crippen LogP contribution is -2.29. The van der Waals surface area contributed by atoms with Gasteiger partial charge in [0, 0.05) is 11.4 Å². The van der Waals surface area contributed by atoms with Crippen molar-refractivity contribution in [2.75, 3.05) is 6.54 Å². The van der Waals surface area contributed by atoms with Gasteiger partial charge in [0.2, 0.25) is 0 Å². The zero-order chi connectivity index (χ0) is 13.8. The van der Waals surface area contributed by atoms with Crippen molar-refractivity contribution in [2.24, 2.45) is 0 Å². The zero-order valence-electron chi connectivity index (χ0n) is 10.4. The second kappa shape index (κ2) is 5.95. The van der Waals surface area contributed by atoms with Gasteiger partial charge in [0.15, 0.2) is 0 Å². The van der Waals surface area contributed by atoms with E-state index in [0.717, 1.165) is 10.4 Å². The quantitative estimate of drug-likeness (QED) is 0.904. The van der Waals surface area contributed by atoms with Crippen LogP contribution in [0.4, 0.5) is 4.39 Å². The lowest BCUT2D eigenvalue weighted by atomic mass is 10.2. The van der Waals surface area contributed by atoms with Crippen molar-refractivity contribution >= 4 is 17.2 Å². The molecule has 1 aromatic heterocycles. The maximum atomic E-state index is 12.8. The highest BCUT2D eigenvalue weighted by molar-refractivity contribution is 7.17. The third kappa shape index (κ3) is 3.62. The van der Waals surface area contributed by atoms with Gasteiger partial charge in [0.25, 0.3) is 5.91 Å². The summed E-state index contributed by atoms with van der Waals surface area (Å²) in [5, 5.41) is 11.7. The zero-order valence-corrected chi connectivity index (χ0v) is 11.2. The number of amides is 1. The molecule has 0 bridgehead atoms. The van der Waals surface area contributed by atoms with Crippen LogP contribution in [0.2, 0.25) is 0 Å². The van der Waals surface area contributed by atoms with Crippen molar-refractivity contribution < 1.29 is 14.3 Å². The molecular weight excluding hydrogens is 265 g/mol. The minimum absolute atomic E-state index is 0.209. The molecule has 100 valence electrons. The van der Waals surface area contributed by atoms with Crippen LogP contribution in [-0.4, -0.2) is 23.7 Å². The summed E-state index contributed by atoms with van der Waals surface area (Å²) in [6, 6.07) is 9.69. The summed E-state index contributed by atoms with van der Waals surface area (Å²) >= 11 is 1.34. The van der Waals surface area contributed by atoms with Crippen LogP contribution in [0.25, 0.3) is 10.4 Å². The van der Waals surface area contributed by atoms with Gasteiger partial charge in [0.05, 0.1) is 11.0 Å². The molecule has 0 radical (unpaired) electrons. The maximum absolute atomic E-state index is 12.8. The molecule has 0 aliphatic rings. The molecule has 0 aliphatic carbocycles. The number of nitrogens with one attached hydrogen (secondary N) is 1. The molecule has 1 aromatic carbocycles. The summed E-state index contributed by atoms with van der Waals surface area (Å²) in [6.07, 6.45) is -0.569. The van der Waals surface area contributed by atoms with Crippen molar-refractivity contribution in [3.05, 3.63) is 47.1 Å². The minimum atomic E-state index is -0.569. The molecule has 19 heavy (non-hydrogen) atoms. The van der Waals surface area contributed by atoms with Gasteiger partial charge in [-0.1, -0.05) is 12.1 Å². The number of aliphatic hydroxyl groups is 1. The molecule has 0 spiro atoms. The Bertz CT molecular complexity index is 563. The van der Waals surface area contributed by atoms with E-state index in [9.17, 15) is 9.18 Å². The highest BCUT2D eigenvalue weighted by Gasteiger charge is 2.10. The van der Waals surface area contributed by atoms with E-state index in [-0.39, 0.29) is 18.3 Å². The summed E-state index contributed by atoms with van der Waals surface area (Å²) in [4.78, 5) is 13.3. The lowest BCUT2D eigenvalue weighted by molar-refractivity contribution is 0.0928. The van der Waals surface area contributed by atoms with Gasteiger partial charge in [-0.2, -0.15) is 0 Å². The van der Waals surface area contributed by atoms with Crippen LogP contribution in [0, 0.1) is 5.82 Å². The standard InChI is InChI=1S/C14H14FNO2S/c1-9(17)8-16-14(18)13-7-6-12(19-13)10-2-4-11(15)5-3-10/h2-7,9,17H,8H2,1H3,(H,16,18). The van der Waals surface area contributed by atoms with Crippen molar-refractivity contribution in [3.8, 4) is 10.4 Å². The summed E-state index contributed by atoms with van der Waals surface area (Å²) in [6.45, 7) is 1.83. The van der Waals surface area contributed by atoms with Gasteiger partial charge < -0.3 is 10.4 Å². The van der Waals surface area contributed by atoms with Crippen LogP contribution in [0.5, 0.6) is 0 Å². The molecule has 1 atom stereocenters. The lowest BCUT2D eigenvalue weighted by Gasteiger charge is -2.05. The first-order valence-electron chi connectivity index (χ1n) is 5.88. The van der Waals surface area contributed by atoms with E-state index >= 15 is 0 Å². The molecule has 0 saturated carbocycles. The average Bonchev–Trinajstić information content (AvgIpc) is 2.86. The monoisotopic (exact) mass is 279 g/mol. The van der Waals surface area contributed by atoms with Crippen LogP contribution in [0.1, 0.15) is 16.6 Å². The molecule has 1 amide bonds. The molecule has 5 heteroatoms. The second-order valence-electron chi connectivity index (χ2n) is 4.23. The Balaban J connectivity index is 2.10. The van der Waals surface area contributed by atoms with Gasteiger partial charge in [0.1, 0.15) is 5.82 Å². The number of halogens is 1. The van der Waals surface area contributed by atoms with E-state index in [1.807, 2.05) is 6.07 Å². The Kier molecular flexibility index (Phi) is 4.29. The molecular formula is C14H14FNO2S. The average molecular weight is 279 g/mol. The van der Waals surface area contributed by atoms with E-state index in [2.05, 4.69) is 5.32 Å². The molecule has 3 nitrogen and oxygen atoms in total. The molecule has 1 heterocycles. The number of aliphatic hydroxyl groups excluding tert-OH is 1. The number of hydrogen-bond donors (Lipinski definition) is 2. The fourth-order valence-electron chi connectivity index (χ4n) is 1.56. The van der Waals surface area contributed by atoms with Gasteiger partial charge in [-0.25, -0.2) is 4.39 Å². The van der Waals surface area contributed by atoms with E-state index in [1.165, 1.54) is 23.5 Å². The first kappa shape index (κ1) is 13.7. The Morgan fingerprint density at radius 2 is 2.00 bits per heavy atom. The van der Waals surface area contributed by atoms with Crippen LogP contribution >= 0.6 is 11.3 Å². The molecule has 0 aliphatic heterocycles. The Morgan fingerprint density at radius 1 is 1.32 bits per heavy atom. The fraction of sp³-hybridized carbons (Fsp3) is 0.214. The van der Waals surface area contributed by atoms with E-state index in [1.54, 1.807) is 25.1 Å². The van der Waals surface area contributed by atoms with E-state index < -0.39 is 6.10 Å². The van der Waals surface area contributed by atoms with Crippen molar-refractivity contribution in [3.63, 3.8) is 0 Å². The summed E-state index contributed by atoms with van der Waals surface area (Å²) in [5.41, 5.74) is 0.876. The van der Waals surface area contributed by atoms with Crippen LogP contribution in [-0.2, 0) is 0 Å².